The molecule has 1 saturated heterocycles. The van der Waals surface area contributed by atoms with Gasteiger partial charge in [-0.1, -0.05) is 60.7 Å². The molecule has 0 unspecified atom stereocenters. The molecule has 1 aliphatic heterocycles. The van der Waals surface area contributed by atoms with Crippen molar-refractivity contribution in [3.63, 3.8) is 0 Å². The third-order valence-electron chi connectivity index (χ3n) is 6.31. The van der Waals surface area contributed by atoms with Gasteiger partial charge in [-0.15, -0.1) is 0 Å². The van der Waals surface area contributed by atoms with Crippen molar-refractivity contribution >= 4 is 11.7 Å². The fourth-order valence-electron chi connectivity index (χ4n) is 4.39. The van der Waals surface area contributed by atoms with Crippen LogP contribution in [0, 0.1) is 0 Å². The molecular weight excluding hydrogens is 440 g/mol. The Bertz CT molecular complexity index is 1070. The molecule has 7 nitrogen and oxygen atoms in total. The average Bonchev–Trinajstić information content (AvgIpc) is 2.89. The first kappa shape index (κ1) is 24.7. The van der Waals surface area contributed by atoms with Gasteiger partial charge in [-0.2, -0.15) is 0 Å². The maximum Gasteiger partial charge on any atom is 0.319 e. The average molecular weight is 475 g/mol. The molecule has 2 amide bonds. The fourth-order valence-corrected chi connectivity index (χ4v) is 4.39. The monoisotopic (exact) mass is 474 g/mol. The minimum Gasteiger partial charge on any atom is -0.489 e. The molecule has 7 heteroatoms. The van der Waals surface area contributed by atoms with Crippen LogP contribution < -0.4 is 15.4 Å². The lowest BCUT2D eigenvalue weighted by atomic mass is 10.1. The molecular formula is C28H34N4O3. The number of amides is 2. The van der Waals surface area contributed by atoms with Gasteiger partial charge in [0.25, 0.3) is 0 Å². The molecule has 1 fully saturated rings. The van der Waals surface area contributed by atoms with Crippen LogP contribution in [0.5, 0.6) is 5.75 Å². The highest BCUT2D eigenvalue weighted by Gasteiger charge is 2.20. The van der Waals surface area contributed by atoms with Crippen molar-refractivity contribution in [1.29, 1.82) is 0 Å². The van der Waals surface area contributed by atoms with Gasteiger partial charge in [-0.3, -0.25) is 14.7 Å². The number of nitrogens with two attached hydrogens (primary N) is 1. The Morgan fingerprint density at radius 2 is 1.46 bits per heavy atom. The third-order valence-corrected chi connectivity index (χ3v) is 6.31. The number of aliphatic hydroxyl groups excluding tert-OH is 1. The number of nitrogens with zero attached hydrogens (tertiary/aromatic N) is 3. The minimum absolute atomic E-state index is 0.129. The molecule has 3 N–H and O–H groups in total. The highest BCUT2D eigenvalue weighted by atomic mass is 16.5. The van der Waals surface area contributed by atoms with Gasteiger partial charge >= 0.3 is 6.03 Å². The summed E-state index contributed by atoms with van der Waals surface area (Å²) in [6.45, 7) is 6.14. The van der Waals surface area contributed by atoms with E-state index in [2.05, 4.69) is 34.1 Å². The molecule has 184 valence electrons. The number of hydrogen-bond acceptors (Lipinski definition) is 5. The Balaban J connectivity index is 1.26. The zero-order chi connectivity index (χ0) is 24.5. The van der Waals surface area contributed by atoms with Crippen LogP contribution in [0.4, 0.5) is 10.5 Å². The van der Waals surface area contributed by atoms with Crippen LogP contribution >= 0.6 is 0 Å². The number of ether oxygens (including phenoxy) is 1. The summed E-state index contributed by atoms with van der Waals surface area (Å²) in [4.78, 5) is 18.2. The number of rotatable bonds is 10. The summed E-state index contributed by atoms with van der Waals surface area (Å²) in [5.41, 5.74) is 9.79. The van der Waals surface area contributed by atoms with Gasteiger partial charge in [0.05, 0.1) is 13.2 Å². The van der Waals surface area contributed by atoms with E-state index >= 15 is 0 Å². The van der Waals surface area contributed by atoms with Crippen LogP contribution in [0.25, 0.3) is 0 Å². The Morgan fingerprint density at radius 1 is 0.829 bits per heavy atom. The molecule has 0 aliphatic carbocycles. The van der Waals surface area contributed by atoms with Gasteiger partial charge in [-0.05, 0) is 34.9 Å². The zero-order valence-corrected chi connectivity index (χ0v) is 20.1. The molecule has 3 aromatic rings. The standard InChI is InChI=1S/C28H34N4O3/c29-28(34)32(18-19-33)27-9-5-4-8-25(27)21-31-16-14-30(15-17-31)20-23-10-12-26(13-11-23)35-22-24-6-2-1-3-7-24/h1-13,33H,14-22H2,(H2,29,34). The largest absolute Gasteiger partial charge is 0.489 e. The van der Waals surface area contributed by atoms with Crippen molar-refractivity contribution in [2.75, 3.05) is 44.2 Å². The molecule has 35 heavy (non-hydrogen) atoms. The summed E-state index contributed by atoms with van der Waals surface area (Å²) >= 11 is 0. The minimum atomic E-state index is -0.548. The Hall–Kier alpha value is -3.39. The summed E-state index contributed by atoms with van der Waals surface area (Å²) in [5.74, 6) is 0.882. The summed E-state index contributed by atoms with van der Waals surface area (Å²) in [7, 11) is 0. The van der Waals surface area contributed by atoms with Crippen LogP contribution in [0.2, 0.25) is 0 Å². The lowest BCUT2D eigenvalue weighted by Gasteiger charge is -2.35. The lowest BCUT2D eigenvalue weighted by Crippen LogP contribution is -2.45. The first-order chi connectivity index (χ1) is 17.1. The van der Waals surface area contributed by atoms with Crippen LogP contribution in [-0.2, 0) is 19.7 Å². The van der Waals surface area contributed by atoms with Gasteiger partial charge in [0.1, 0.15) is 12.4 Å². The van der Waals surface area contributed by atoms with Crippen molar-refractivity contribution in [3.05, 3.63) is 95.6 Å². The molecule has 0 radical (unpaired) electrons. The van der Waals surface area contributed by atoms with Gasteiger partial charge in [0.2, 0.25) is 0 Å². The number of primary amides is 1. The predicted octanol–water partition coefficient (Wildman–Crippen LogP) is 3.46. The number of aliphatic hydroxyl groups is 1. The van der Waals surface area contributed by atoms with Gasteiger partial charge in [0, 0.05) is 45.0 Å². The van der Waals surface area contributed by atoms with Crippen LogP contribution in [0.3, 0.4) is 0 Å². The van der Waals surface area contributed by atoms with Crippen molar-refractivity contribution in [2.45, 2.75) is 19.7 Å². The lowest BCUT2D eigenvalue weighted by molar-refractivity contribution is 0.122. The normalized spacial score (nSPS) is 14.5. The van der Waals surface area contributed by atoms with E-state index in [0.717, 1.165) is 61.8 Å². The second kappa shape index (κ2) is 12.4. The van der Waals surface area contributed by atoms with E-state index in [4.69, 9.17) is 10.5 Å². The first-order valence-electron chi connectivity index (χ1n) is 12.1. The molecule has 1 aliphatic rings. The summed E-state index contributed by atoms with van der Waals surface area (Å²) in [6.07, 6.45) is 0. The number of benzene rings is 3. The highest BCUT2D eigenvalue weighted by molar-refractivity contribution is 5.91. The summed E-state index contributed by atoms with van der Waals surface area (Å²) in [6, 6.07) is 25.8. The second-order valence-corrected chi connectivity index (χ2v) is 8.81. The molecule has 4 rings (SSSR count). The topological polar surface area (TPSA) is 82.3 Å². The highest BCUT2D eigenvalue weighted by Crippen LogP contribution is 2.23. The third kappa shape index (κ3) is 7.05. The van der Waals surface area contributed by atoms with E-state index in [1.807, 2.05) is 54.6 Å². The van der Waals surface area contributed by atoms with Gasteiger partial charge in [-0.25, -0.2) is 4.79 Å². The number of para-hydroxylation sites is 1. The quantitative estimate of drug-likeness (QED) is 0.470. The van der Waals surface area contributed by atoms with Crippen LogP contribution in [0.15, 0.2) is 78.9 Å². The van der Waals surface area contributed by atoms with E-state index in [1.165, 1.54) is 10.5 Å². The van der Waals surface area contributed by atoms with Crippen LogP contribution in [-0.4, -0.2) is 60.3 Å². The van der Waals surface area contributed by atoms with Crippen molar-refractivity contribution in [1.82, 2.24) is 9.80 Å². The number of urea groups is 1. The SMILES string of the molecule is NC(=O)N(CCO)c1ccccc1CN1CCN(Cc2ccc(OCc3ccccc3)cc2)CC1. The van der Waals surface area contributed by atoms with Gasteiger partial charge in [0.15, 0.2) is 0 Å². The molecule has 0 aromatic heterocycles. The van der Waals surface area contributed by atoms with E-state index < -0.39 is 6.03 Å². The summed E-state index contributed by atoms with van der Waals surface area (Å²) < 4.78 is 5.90. The second-order valence-electron chi connectivity index (χ2n) is 8.81. The van der Waals surface area contributed by atoms with E-state index in [-0.39, 0.29) is 13.2 Å². The van der Waals surface area contributed by atoms with Crippen LogP contribution in [0.1, 0.15) is 16.7 Å². The number of carbonyl (C=O) groups excluding carboxylic acids is 1. The molecule has 0 spiro atoms. The molecule has 1 heterocycles. The fraction of sp³-hybridized carbons (Fsp3) is 0.321. The maximum absolute atomic E-state index is 11.9. The van der Waals surface area contributed by atoms with Gasteiger partial charge < -0.3 is 15.6 Å². The van der Waals surface area contributed by atoms with Crippen molar-refractivity contribution in [2.24, 2.45) is 5.73 Å². The number of hydrogen-bond donors (Lipinski definition) is 2. The Morgan fingerprint density at radius 3 is 2.11 bits per heavy atom. The Labute approximate surface area is 207 Å². The molecule has 0 bridgehead atoms. The van der Waals surface area contributed by atoms with E-state index in [9.17, 15) is 9.90 Å². The molecule has 0 saturated carbocycles. The summed E-state index contributed by atoms with van der Waals surface area (Å²) in [5, 5.41) is 9.33. The number of piperazine rings is 1. The number of carbonyl (C=O) groups is 1. The first-order valence-corrected chi connectivity index (χ1v) is 12.1. The van der Waals surface area contributed by atoms with Crippen molar-refractivity contribution in [3.8, 4) is 5.75 Å². The molecule has 3 aromatic carbocycles. The van der Waals surface area contributed by atoms with E-state index in [0.29, 0.717) is 6.61 Å². The molecule has 0 atom stereocenters. The predicted molar refractivity (Wildman–Crippen MR) is 138 cm³/mol. The number of anilines is 1. The smallest absolute Gasteiger partial charge is 0.319 e. The van der Waals surface area contributed by atoms with Crippen molar-refractivity contribution < 1.29 is 14.6 Å². The van der Waals surface area contributed by atoms with E-state index in [1.54, 1.807) is 0 Å². The zero-order valence-electron chi connectivity index (χ0n) is 20.1. The Kier molecular flexibility index (Phi) is 8.73. The maximum atomic E-state index is 11.9.